The van der Waals surface area contributed by atoms with Gasteiger partial charge in [0.2, 0.25) is 0 Å². The molecule has 0 fully saturated rings. The number of thiocarbonyl (C=S) groups is 1. The third kappa shape index (κ3) is 2.32. The zero-order valence-corrected chi connectivity index (χ0v) is 12.6. The molecule has 0 amide bonds. The van der Waals surface area contributed by atoms with Gasteiger partial charge in [0.15, 0.2) is 0 Å². The number of fused-ring (bicyclic) bond motifs is 1. The van der Waals surface area contributed by atoms with Crippen molar-refractivity contribution in [1.82, 2.24) is 4.98 Å². The molecule has 0 radical (unpaired) electrons. The maximum absolute atomic E-state index is 13.5. The number of benzene rings is 2. The van der Waals surface area contributed by atoms with Crippen molar-refractivity contribution in [3.8, 4) is 11.3 Å². The molecule has 0 unspecified atom stereocenters. The van der Waals surface area contributed by atoms with E-state index in [9.17, 15) is 4.39 Å². The first-order valence-electron chi connectivity index (χ1n) is 6.66. The van der Waals surface area contributed by atoms with Gasteiger partial charge in [-0.15, -0.1) is 0 Å². The van der Waals surface area contributed by atoms with Gasteiger partial charge in [-0.05, 0) is 55.3 Å². The van der Waals surface area contributed by atoms with Crippen LogP contribution in [-0.4, -0.2) is 9.97 Å². The largest absolute Gasteiger partial charge is 0.389 e. The lowest BCUT2D eigenvalue weighted by Crippen LogP contribution is -2.10. The summed E-state index contributed by atoms with van der Waals surface area (Å²) in [6.45, 7) is 3.77. The molecular weight excluding hydrogens is 283 g/mol. The molecule has 0 aliphatic heterocycles. The number of nitrogens with two attached hydrogens (primary N) is 1. The summed E-state index contributed by atoms with van der Waals surface area (Å²) >= 11 is 5.22. The Bertz CT molecular complexity index is 865. The molecule has 1 heterocycles. The van der Waals surface area contributed by atoms with Gasteiger partial charge in [0.05, 0.1) is 5.69 Å². The Morgan fingerprint density at radius 3 is 2.57 bits per heavy atom. The lowest BCUT2D eigenvalue weighted by Gasteiger charge is -2.05. The van der Waals surface area contributed by atoms with Crippen LogP contribution in [0.5, 0.6) is 0 Å². The van der Waals surface area contributed by atoms with Crippen molar-refractivity contribution in [2.45, 2.75) is 13.8 Å². The highest BCUT2D eigenvalue weighted by Gasteiger charge is 2.16. The van der Waals surface area contributed by atoms with Crippen molar-refractivity contribution >= 4 is 28.1 Å². The van der Waals surface area contributed by atoms with Gasteiger partial charge < -0.3 is 10.7 Å². The van der Waals surface area contributed by atoms with E-state index in [-0.39, 0.29) is 5.82 Å². The molecule has 1 aromatic heterocycles. The van der Waals surface area contributed by atoms with Gasteiger partial charge in [0, 0.05) is 16.5 Å². The number of hydrogen-bond donors (Lipinski definition) is 2. The molecule has 3 rings (SSSR count). The molecule has 0 aliphatic rings. The Morgan fingerprint density at radius 2 is 1.90 bits per heavy atom. The molecule has 4 heteroatoms. The minimum atomic E-state index is -0.220. The van der Waals surface area contributed by atoms with Crippen LogP contribution in [-0.2, 0) is 0 Å². The van der Waals surface area contributed by atoms with Crippen LogP contribution < -0.4 is 5.73 Å². The van der Waals surface area contributed by atoms with Gasteiger partial charge in [-0.3, -0.25) is 0 Å². The zero-order valence-electron chi connectivity index (χ0n) is 11.8. The average molecular weight is 298 g/mol. The number of aromatic amines is 1. The van der Waals surface area contributed by atoms with Gasteiger partial charge in [-0.25, -0.2) is 4.39 Å². The van der Waals surface area contributed by atoms with Crippen LogP contribution in [0.25, 0.3) is 22.2 Å². The molecule has 0 atom stereocenters. The number of aryl methyl sites for hydroxylation is 2. The number of aromatic nitrogens is 1. The van der Waals surface area contributed by atoms with E-state index in [4.69, 9.17) is 18.0 Å². The Labute approximate surface area is 127 Å². The van der Waals surface area contributed by atoms with E-state index >= 15 is 0 Å². The molecule has 106 valence electrons. The van der Waals surface area contributed by atoms with E-state index in [0.29, 0.717) is 10.6 Å². The average Bonchev–Trinajstić information content (AvgIpc) is 2.80. The highest BCUT2D eigenvalue weighted by Crippen LogP contribution is 2.31. The first kappa shape index (κ1) is 13.8. The van der Waals surface area contributed by atoms with Crippen molar-refractivity contribution in [3.05, 3.63) is 58.9 Å². The van der Waals surface area contributed by atoms with E-state index < -0.39 is 0 Å². The Morgan fingerprint density at radius 1 is 1.14 bits per heavy atom. The van der Waals surface area contributed by atoms with Gasteiger partial charge in [0.1, 0.15) is 10.8 Å². The molecule has 0 aliphatic carbocycles. The molecule has 0 saturated carbocycles. The van der Waals surface area contributed by atoms with Crippen molar-refractivity contribution in [2.24, 2.45) is 5.73 Å². The molecule has 2 aromatic carbocycles. The predicted octanol–water partition coefficient (Wildman–Crippen LogP) is 4.23. The second-order valence-electron chi connectivity index (χ2n) is 5.25. The molecule has 3 N–H and O–H groups in total. The van der Waals surface area contributed by atoms with Crippen LogP contribution in [0.1, 0.15) is 16.7 Å². The molecule has 0 bridgehead atoms. The molecule has 0 spiro atoms. The zero-order chi connectivity index (χ0) is 15.1. The minimum Gasteiger partial charge on any atom is -0.389 e. The van der Waals surface area contributed by atoms with E-state index in [1.807, 2.05) is 19.1 Å². The van der Waals surface area contributed by atoms with E-state index in [2.05, 4.69) is 11.1 Å². The summed E-state index contributed by atoms with van der Waals surface area (Å²) in [5, 5.41) is 1.000. The number of nitrogens with one attached hydrogen (secondary N) is 1. The second-order valence-corrected chi connectivity index (χ2v) is 5.69. The van der Waals surface area contributed by atoms with Gasteiger partial charge in [-0.1, -0.05) is 23.8 Å². The van der Waals surface area contributed by atoms with Crippen LogP contribution in [0.3, 0.4) is 0 Å². The SMILES string of the molecule is Cc1ccc2[nH]c(-c3ccc(F)c(C)c3)c(C(N)=S)c2c1. The van der Waals surface area contributed by atoms with E-state index in [1.54, 1.807) is 19.1 Å². The lowest BCUT2D eigenvalue weighted by molar-refractivity contribution is 0.619. The molecule has 21 heavy (non-hydrogen) atoms. The van der Waals surface area contributed by atoms with Crippen LogP contribution in [0.4, 0.5) is 4.39 Å². The predicted molar refractivity (Wildman–Crippen MR) is 89.1 cm³/mol. The third-order valence-corrected chi connectivity index (χ3v) is 3.85. The number of halogens is 1. The second kappa shape index (κ2) is 4.97. The van der Waals surface area contributed by atoms with Crippen molar-refractivity contribution in [2.75, 3.05) is 0 Å². The first-order valence-corrected chi connectivity index (χ1v) is 7.07. The maximum Gasteiger partial charge on any atom is 0.126 e. The fourth-order valence-electron chi connectivity index (χ4n) is 2.58. The van der Waals surface area contributed by atoms with Crippen LogP contribution in [0.15, 0.2) is 36.4 Å². The standard InChI is InChI=1S/C17H15FN2S/c1-9-3-6-14-12(7-9)15(17(19)21)16(20-14)11-4-5-13(18)10(2)8-11/h3-8,20H,1-2H3,(H2,19,21). The molecule has 0 saturated heterocycles. The topological polar surface area (TPSA) is 41.8 Å². The Kier molecular flexibility index (Phi) is 3.26. The molecule has 3 aromatic rings. The minimum absolute atomic E-state index is 0.220. The summed E-state index contributed by atoms with van der Waals surface area (Å²) in [5.74, 6) is -0.220. The molecule has 2 nitrogen and oxygen atoms in total. The Balaban J connectivity index is 2.33. The number of rotatable bonds is 2. The van der Waals surface area contributed by atoms with Crippen LogP contribution in [0, 0.1) is 19.7 Å². The van der Waals surface area contributed by atoms with Crippen molar-refractivity contribution in [3.63, 3.8) is 0 Å². The first-order chi connectivity index (χ1) is 9.97. The highest BCUT2D eigenvalue weighted by molar-refractivity contribution is 7.80. The van der Waals surface area contributed by atoms with Gasteiger partial charge in [0.25, 0.3) is 0 Å². The summed E-state index contributed by atoms with van der Waals surface area (Å²) in [5.41, 5.74) is 11.2. The molecular formula is C17H15FN2S. The fraction of sp³-hybridized carbons (Fsp3) is 0.118. The summed E-state index contributed by atoms with van der Waals surface area (Å²) in [7, 11) is 0. The Hall–Kier alpha value is -2.20. The summed E-state index contributed by atoms with van der Waals surface area (Å²) in [4.78, 5) is 3.68. The van der Waals surface area contributed by atoms with E-state index in [0.717, 1.165) is 33.3 Å². The van der Waals surface area contributed by atoms with E-state index in [1.165, 1.54) is 6.07 Å². The number of H-pyrrole nitrogens is 1. The monoisotopic (exact) mass is 298 g/mol. The summed E-state index contributed by atoms with van der Waals surface area (Å²) < 4.78 is 13.5. The highest BCUT2D eigenvalue weighted by atomic mass is 32.1. The third-order valence-electron chi connectivity index (χ3n) is 3.65. The van der Waals surface area contributed by atoms with Gasteiger partial charge >= 0.3 is 0 Å². The lowest BCUT2D eigenvalue weighted by atomic mass is 10.0. The summed E-state index contributed by atoms with van der Waals surface area (Å²) in [6, 6.07) is 11.1. The van der Waals surface area contributed by atoms with Crippen LogP contribution in [0.2, 0.25) is 0 Å². The van der Waals surface area contributed by atoms with Crippen molar-refractivity contribution < 1.29 is 4.39 Å². The maximum atomic E-state index is 13.5. The van der Waals surface area contributed by atoms with Crippen LogP contribution >= 0.6 is 12.2 Å². The van der Waals surface area contributed by atoms with Gasteiger partial charge in [-0.2, -0.15) is 0 Å². The summed E-state index contributed by atoms with van der Waals surface area (Å²) in [6.07, 6.45) is 0. The normalized spacial score (nSPS) is 11.0. The fourth-order valence-corrected chi connectivity index (χ4v) is 2.79. The van der Waals surface area contributed by atoms with Crippen molar-refractivity contribution in [1.29, 1.82) is 0 Å². The number of hydrogen-bond acceptors (Lipinski definition) is 1. The quantitative estimate of drug-likeness (QED) is 0.695. The smallest absolute Gasteiger partial charge is 0.126 e.